The Morgan fingerprint density at radius 3 is 2.53 bits per heavy atom. The fraction of sp³-hybridized carbons (Fsp3) is 0.538. The number of nitrogens with zero attached hydrogens (tertiary/aromatic N) is 1. The molecule has 0 aromatic carbocycles. The molecule has 0 bridgehead atoms. The molecule has 4 heteroatoms. The van der Waals surface area contributed by atoms with Crippen molar-refractivity contribution in [2.24, 2.45) is 5.92 Å². The maximum atomic E-state index is 11.4. The van der Waals surface area contributed by atoms with Gasteiger partial charge in [0.05, 0.1) is 13.0 Å². The smallest absolute Gasteiger partial charge is 0.308 e. The van der Waals surface area contributed by atoms with Crippen molar-refractivity contribution in [1.29, 1.82) is 0 Å². The van der Waals surface area contributed by atoms with E-state index in [9.17, 15) is 4.79 Å². The van der Waals surface area contributed by atoms with Crippen LogP contribution in [-0.2, 0) is 9.53 Å². The Balaban J connectivity index is 1.82. The molecular formula is C13H18N2O2. The van der Waals surface area contributed by atoms with Gasteiger partial charge < -0.3 is 10.1 Å². The highest BCUT2D eigenvalue weighted by Gasteiger charge is 2.26. The van der Waals surface area contributed by atoms with Gasteiger partial charge in [-0.15, -0.1) is 0 Å². The first-order chi connectivity index (χ1) is 8.29. The predicted octanol–water partition coefficient (Wildman–Crippen LogP) is 2.23. The number of rotatable bonds is 3. The molecule has 0 unspecified atom stereocenters. The fourth-order valence-electron chi connectivity index (χ4n) is 2.32. The van der Waals surface area contributed by atoms with Crippen LogP contribution in [0.5, 0.6) is 0 Å². The molecule has 1 N–H and O–H groups in total. The summed E-state index contributed by atoms with van der Waals surface area (Å²) < 4.78 is 4.78. The summed E-state index contributed by atoms with van der Waals surface area (Å²) in [5.74, 6) is 0.0304. The number of methoxy groups -OCH3 is 1. The molecule has 1 fully saturated rings. The van der Waals surface area contributed by atoms with E-state index in [2.05, 4.69) is 10.3 Å². The second-order valence-electron chi connectivity index (χ2n) is 4.45. The van der Waals surface area contributed by atoms with E-state index in [1.807, 2.05) is 12.1 Å². The topological polar surface area (TPSA) is 51.2 Å². The van der Waals surface area contributed by atoms with Crippen LogP contribution in [0.4, 0.5) is 5.69 Å². The molecule has 1 heterocycles. The Hall–Kier alpha value is -1.58. The Morgan fingerprint density at radius 2 is 1.94 bits per heavy atom. The molecule has 0 saturated heterocycles. The average molecular weight is 234 g/mol. The highest BCUT2D eigenvalue weighted by atomic mass is 16.5. The van der Waals surface area contributed by atoms with Crippen molar-refractivity contribution >= 4 is 11.7 Å². The first-order valence-corrected chi connectivity index (χ1v) is 6.04. The van der Waals surface area contributed by atoms with Crippen molar-refractivity contribution < 1.29 is 9.53 Å². The van der Waals surface area contributed by atoms with E-state index in [0.29, 0.717) is 6.04 Å². The molecule has 0 spiro atoms. The van der Waals surface area contributed by atoms with Gasteiger partial charge in [0.2, 0.25) is 0 Å². The summed E-state index contributed by atoms with van der Waals surface area (Å²) >= 11 is 0. The van der Waals surface area contributed by atoms with Gasteiger partial charge in [-0.1, -0.05) is 0 Å². The van der Waals surface area contributed by atoms with E-state index >= 15 is 0 Å². The number of hydrogen-bond acceptors (Lipinski definition) is 4. The summed E-state index contributed by atoms with van der Waals surface area (Å²) in [6.07, 6.45) is 7.42. The van der Waals surface area contributed by atoms with Crippen LogP contribution in [0.2, 0.25) is 0 Å². The fourth-order valence-corrected chi connectivity index (χ4v) is 2.32. The van der Waals surface area contributed by atoms with Crippen molar-refractivity contribution in [3.63, 3.8) is 0 Å². The lowest BCUT2D eigenvalue weighted by atomic mass is 9.86. The van der Waals surface area contributed by atoms with E-state index in [-0.39, 0.29) is 11.9 Å². The summed E-state index contributed by atoms with van der Waals surface area (Å²) in [6.45, 7) is 0. The number of esters is 1. The van der Waals surface area contributed by atoms with Crippen LogP contribution in [0.1, 0.15) is 25.7 Å². The third-order valence-electron chi connectivity index (χ3n) is 3.31. The highest BCUT2D eigenvalue weighted by molar-refractivity contribution is 5.72. The summed E-state index contributed by atoms with van der Waals surface area (Å²) in [6, 6.07) is 4.39. The lowest BCUT2D eigenvalue weighted by Crippen LogP contribution is -2.29. The zero-order valence-electron chi connectivity index (χ0n) is 10.1. The van der Waals surface area contributed by atoms with Gasteiger partial charge in [0.25, 0.3) is 0 Å². The van der Waals surface area contributed by atoms with Crippen LogP contribution in [0.25, 0.3) is 0 Å². The zero-order valence-corrected chi connectivity index (χ0v) is 10.1. The van der Waals surface area contributed by atoms with Gasteiger partial charge in [0.1, 0.15) is 0 Å². The average Bonchev–Trinajstić information content (AvgIpc) is 2.40. The van der Waals surface area contributed by atoms with Crippen molar-refractivity contribution in [3.05, 3.63) is 24.5 Å². The predicted molar refractivity (Wildman–Crippen MR) is 65.6 cm³/mol. The number of pyridine rings is 1. The number of aromatic nitrogens is 1. The molecule has 1 aliphatic rings. The molecule has 1 aromatic heterocycles. The lowest BCUT2D eigenvalue weighted by molar-refractivity contribution is -0.146. The zero-order chi connectivity index (χ0) is 12.1. The van der Waals surface area contributed by atoms with E-state index in [4.69, 9.17) is 4.74 Å². The Morgan fingerprint density at radius 1 is 1.29 bits per heavy atom. The second-order valence-corrected chi connectivity index (χ2v) is 4.45. The largest absolute Gasteiger partial charge is 0.469 e. The summed E-state index contributed by atoms with van der Waals surface area (Å²) in [4.78, 5) is 15.4. The van der Waals surface area contributed by atoms with Crippen LogP contribution in [-0.4, -0.2) is 24.1 Å². The minimum absolute atomic E-state index is 0.0626. The molecule has 92 valence electrons. The van der Waals surface area contributed by atoms with E-state index in [1.54, 1.807) is 12.4 Å². The highest BCUT2D eigenvalue weighted by Crippen LogP contribution is 2.27. The second kappa shape index (κ2) is 5.66. The van der Waals surface area contributed by atoms with E-state index < -0.39 is 0 Å². The van der Waals surface area contributed by atoms with Crippen LogP contribution in [0.3, 0.4) is 0 Å². The van der Waals surface area contributed by atoms with Gasteiger partial charge in [-0.2, -0.15) is 0 Å². The number of nitrogens with one attached hydrogen (secondary N) is 1. The van der Waals surface area contributed by atoms with Crippen LogP contribution in [0, 0.1) is 5.92 Å². The van der Waals surface area contributed by atoms with E-state index in [0.717, 1.165) is 31.4 Å². The standard InChI is InChI=1S/C13H18N2O2/c1-17-13(16)10-2-4-11(5-3-10)15-12-6-8-14-9-7-12/h6-11H,2-5H2,1H3,(H,14,15). The molecule has 4 nitrogen and oxygen atoms in total. The molecule has 1 aliphatic carbocycles. The number of carbonyl (C=O) groups is 1. The Bertz CT molecular complexity index is 359. The van der Waals surface area contributed by atoms with Gasteiger partial charge in [0.15, 0.2) is 0 Å². The van der Waals surface area contributed by atoms with Crippen molar-refractivity contribution in [1.82, 2.24) is 4.98 Å². The molecule has 1 aromatic rings. The maximum Gasteiger partial charge on any atom is 0.308 e. The molecule has 2 rings (SSSR count). The number of hydrogen-bond donors (Lipinski definition) is 1. The molecule has 1 saturated carbocycles. The Labute approximate surface area is 101 Å². The van der Waals surface area contributed by atoms with Crippen LogP contribution < -0.4 is 5.32 Å². The monoisotopic (exact) mass is 234 g/mol. The molecule has 0 aliphatic heterocycles. The summed E-state index contributed by atoms with van der Waals surface area (Å²) in [5.41, 5.74) is 1.10. The van der Waals surface area contributed by atoms with Crippen molar-refractivity contribution in [3.8, 4) is 0 Å². The third kappa shape index (κ3) is 3.19. The van der Waals surface area contributed by atoms with Crippen molar-refractivity contribution in [2.45, 2.75) is 31.7 Å². The first-order valence-electron chi connectivity index (χ1n) is 6.04. The SMILES string of the molecule is COC(=O)C1CCC(Nc2ccncc2)CC1. The molecule has 0 radical (unpaired) electrons. The number of ether oxygens (including phenoxy) is 1. The maximum absolute atomic E-state index is 11.4. The van der Waals surface area contributed by atoms with E-state index in [1.165, 1.54) is 7.11 Å². The number of carbonyl (C=O) groups excluding carboxylic acids is 1. The van der Waals surface area contributed by atoms with Gasteiger partial charge in [-0.3, -0.25) is 9.78 Å². The van der Waals surface area contributed by atoms with Gasteiger partial charge in [-0.05, 0) is 37.8 Å². The van der Waals surface area contributed by atoms with Crippen LogP contribution in [0.15, 0.2) is 24.5 Å². The third-order valence-corrected chi connectivity index (χ3v) is 3.31. The minimum Gasteiger partial charge on any atom is -0.469 e. The Kier molecular flexibility index (Phi) is 3.96. The lowest BCUT2D eigenvalue weighted by Gasteiger charge is -2.28. The quantitative estimate of drug-likeness (QED) is 0.815. The van der Waals surface area contributed by atoms with Crippen LogP contribution >= 0.6 is 0 Å². The molecule has 0 amide bonds. The summed E-state index contributed by atoms with van der Waals surface area (Å²) in [5, 5.41) is 3.47. The van der Waals surface area contributed by atoms with Crippen molar-refractivity contribution in [2.75, 3.05) is 12.4 Å². The first kappa shape index (κ1) is 11.9. The van der Waals surface area contributed by atoms with Gasteiger partial charge in [-0.25, -0.2) is 0 Å². The molecule has 17 heavy (non-hydrogen) atoms. The molecular weight excluding hydrogens is 216 g/mol. The minimum atomic E-state index is -0.0626. The molecule has 0 atom stereocenters. The van der Waals surface area contributed by atoms with Gasteiger partial charge >= 0.3 is 5.97 Å². The normalized spacial score (nSPS) is 24.1. The number of anilines is 1. The summed E-state index contributed by atoms with van der Waals surface area (Å²) in [7, 11) is 1.46. The van der Waals surface area contributed by atoms with Gasteiger partial charge in [0, 0.05) is 24.1 Å².